The SMILES string of the molecule is CCCOc1ccc2ccccc2c1CN(C)C(=O)Nc1ccc2c(c1)C(=O)N(C)C2=O. The van der Waals surface area contributed by atoms with Crippen LogP contribution >= 0.6 is 0 Å². The molecular weight excluding hydrogens is 406 g/mol. The largest absolute Gasteiger partial charge is 0.493 e. The number of benzene rings is 3. The van der Waals surface area contributed by atoms with E-state index in [9.17, 15) is 14.4 Å². The van der Waals surface area contributed by atoms with Gasteiger partial charge in [-0.05, 0) is 41.5 Å². The first-order valence-corrected chi connectivity index (χ1v) is 10.5. The lowest BCUT2D eigenvalue weighted by molar-refractivity contribution is 0.0693. The van der Waals surface area contributed by atoms with Gasteiger partial charge in [-0.1, -0.05) is 37.3 Å². The third kappa shape index (κ3) is 3.89. The lowest BCUT2D eigenvalue weighted by Gasteiger charge is -2.21. The molecule has 4 amide bonds. The zero-order valence-corrected chi connectivity index (χ0v) is 18.3. The molecule has 0 unspecified atom stereocenters. The predicted octanol–water partition coefficient (Wildman–Crippen LogP) is 4.52. The Bertz CT molecular complexity index is 1220. The molecule has 32 heavy (non-hydrogen) atoms. The monoisotopic (exact) mass is 431 g/mol. The Morgan fingerprint density at radius 3 is 2.56 bits per heavy atom. The highest BCUT2D eigenvalue weighted by atomic mass is 16.5. The summed E-state index contributed by atoms with van der Waals surface area (Å²) in [5.74, 6) is 0.0494. The van der Waals surface area contributed by atoms with Gasteiger partial charge in [-0.3, -0.25) is 14.5 Å². The molecule has 1 aliphatic rings. The van der Waals surface area contributed by atoms with E-state index in [4.69, 9.17) is 4.74 Å². The van der Waals surface area contributed by atoms with Crippen molar-refractivity contribution in [3.8, 4) is 5.75 Å². The summed E-state index contributed by atoms with van der Waals surface area (Å²) >= 11 is 0. The maximum atomic E-state index is 12.9. The molecule has 1 aliphatic heterocycles. The first-order chi connectivity index (χ1) is 15.4. The van der Waals surface area contributed by atoms with Crippen molar-refractivity contribution in [2.24, 2.45) is 0 Å². The van der Waals surface area contributed by atoms with Gasteiger partial charge in [-0.2, -0.15) is 0 Å². The Morgan fingerprint density at radius 2 is 1.78 bits per heavy atom. The van der Waals surface area contributed by atoms with Gasteiger partial charge >= 0.3 is 6.03 Å². The molecule has 1 heterocycles. The number of nitrogens with zero attached hydrogens (tertiary/aromatic N) is 2. The first kappa shape index (κ1) is 21.4. The lowest BCUT2D eigenvalue weighted by atomic mass is 10.0. The minimum atomic E-state index is -0.372. The quantitative estimate of drug-likeness (QED) is 0.582. The van der Waals surface area contributed by atoms with Crippen LogP contribution in [0.3, 0.4) is 0 Å². The Balaban J connectivity index is 1.55. The summed E-state index contributed by atoms with van der Waals surface area (Å²) in [6.07, 6.45) is 0.886. The van der Waals surface area contributed by atoms with E-state index >= 15 is 0 Å². The fraction of sp³-hybridized carbons (Fsp3) is 0.240. The van der Waals surface area contributed by atoms with Gasteiger partial charge in [-0.25, -0.2) is 4.79 Å². The second-order valence-corrected chi connectivity index (χ2v) is 7.83. The molecular formula is C25H25N3O4. The maximum absolute atomic E-state index is 12.9. The zero-order chi connectivity index (χ0) is 22.8. The highest BCUT2D eigenvalue weighted by Crippen LogP contribution is 2.30. The van der Waals surface area contributed by atoms with Crippen molar-refractivity contribution in [2.45, 2.75) is 19.9 Å². The average Bonchev–Trinajstić information content (AvgIpc) is 3.02. The van der Waals surface area contributed by atoms with Gasteiger partial charge in [0, 0.05) is 25.3 Å². The second-order valence-electron chi connectivity index (χ2n) is 7.83. The Hall–Kier alpha value is -3.87. The van der Waals surface area contributed by atoms with E-state index in [0.29, 0.717) is 30.0 Å². The number of urea groups is 1. The molecule has 1 N–H and O–H groups in total. The number of ether oxygens (including phenoxy) is 1. The van der Waals surface area contributed by atoms with Gasteiger partial charge in [-0.15, -0.1) is 0 Å². The number of fused-ring (bicyclic) bond motifs is 2. The van der Waals surface area contributed by atoms with Gasteiger partial charge in [0.15, 0.2) is 0 Å². The third-order valence-electron chi connectivity index (χ3n) is 5.54. The smallest absolute Gasteiger partial charge is 0.321 e. The van der Waals surface area contributed by atoms with Crippen LogP contribution in [0.15, 0.2) is 54.6 Å². The van der Waals surface area contributed by atoms with Crippen molar-refractivity contribution in [2.75, 3.05) is 26.0 Å². The number of amides is 4. The fourth-order valence-electron chi connectivity index (χ4n) is 3.79. The van der Waals surface area contributed by atoms with Gasteiger partial charge in [0.25, 0.3) is 11.8 Å². The summed E-state index contributed by atoms with van der Waals surface area (Å²) in [7, 11) is 3.15. The van der Waals surface area contributed by atoms with E-state index in [1.54, 1.807) is 30.1 Å². The molecule has 0 saturated heterocycles. The van der Waals surface area contributed by atoms with E-state index in [2.05, 4.69) is 5.32 Å². The molecule has 164 valence electrons. The van der Waals surface area contributed by atoms with Crippen LogP contribution in [0.1, 0.15) is 39.6 Å². The topological polar surface area (TPSA) is 79.0 Å². The summed E-state index contributed by atoms with van der Waals surface area (Å²) in [6.45, 7) is 2.99. The number of imide groups is 1. The van der Waals surface area contributed by atoms with Crippen molar-refractivity contribution in [3.05, 3.63) is 71.3 Å². The molecule has 0 bridgehead atoms. The molecule has 7 nitrogen and oxygen atoms in total. The van der Waals surface area contributed by atoms with E-state index in [1.807, 2.05) is 43.3 Å². The van der Waals surface area contributed by atoms with Crippen LogP contribution < -0.4 is 10.1 Å². The highest BCUT2D eigenvalue weighted by molar-refractivity contribution is 6.21. The number of carbonyl (C=O) groups excluding carboxylic acids is 3. The van der Waals surface area contributed by atoms with Crippen molar-refractivity contribution < 1.29 is 19.1 Å². The summed E-state index contributed by atoms with van der Waals surface area (Å²) in [5, 5.41) is 4.92. The highest BCUT2D eigenvalue weighted by Gasteiger charge is 2.32. The summed E-state index contributed by atoms with van der Waals surface area (Å²) in [6, 6.07) is 16.4. The Kier molecular flexibility index (Phi) is 5.81. The molecule has 3 aromatic carbocycles. The van der Waals surface area contributed by atoms with Crippen LogP contribution in [0, 0.1) is 0 Å². The standard InChI is InChI=1S/C25H25N3O4/c1-4-13-32-22-12-9-16-7-5-6-8-18(16)21(22)15-27(2)25(31)26-17-10-11-19-20(14-17)24(30)28(3)23(19)29/h5-12,14H,4,13,15H2,1-3H3,(H,26,31). The average molecular weight is 431 g/mol. The number of nitrogens with one attached hydrogen (secondary N) is 1. The van der Waals surface area contributed by atoms with Crippen LogP contribution in [0.2, 0.25) is 0 Å². The minimum Gasteiger partial charge on any atom is -0.493 e. The number of carbonyl (C=O) groups is 3. The van der Waals surface area contributed by atoms with Gasteiger partial charge < -0.3 is 15.0 Å². The summed E-state index contributed by atoms with van der Waals surface area (Å²) < 4.78 is 5.94. The van der Waals surface area contributed by atoms with E-state index in [0.717, 1.165) is 33.4 Å². The van der Waals surface area contributed by atoms with Crippen molar-refractivity contribution in [1.82, 2.24) is 9.80 Å². The lowest BCUT2D eigenvalue weighted by Crippen LogP contribution is -2.31. The van der Waals surface area contributed by atoms with E-state index in [-0.39, 0.29) is 17.8 Å². The van der Waals surface area contributed by atoms with Crippen molar-refractivity contribution >= 4 is 34.3 Å². The minimum absolute atomic E-state index is 0.294. The summed E-state index contributed by atoms with van der Waals surface area (Å²) in [5.41, 5.74) is 2.03. The van der Waals surface area contributed by atoms with Crippen molar-refractivity contribution in [1.29, 1.82) is 0 Å². The van der Waals surface area contributed by atoms with Crippen LogP contribution in [-0.4, -0.2) is 48.3 Å². The van der Waals surface area contributed by atoms with Gasteiger partial charge in [0.2, 0.25) is 0 Å². The molecule has 0 fully saturated rings. The van der Waals surface area contributed by atoms with E-state index < -0.39 is 0 Å². The molecule has 0 spiro atoms. The number of anilines is 1. The van der Waals surface area contributed by atoms with Crippen LogP contribution in [0.25, 0.3) is 10.8 Å². The van der Waals surface area contributed by atoms with Crippen LogP contribution in [0.4, 0.5) is 10.5 Å². The number of hydrogen-bond acceptors (Lipinski definition) is 4. The molecule has 0 atom stereocenters. The normalized spacial score (nSPS) is 12.8. The molecule has 3 aromatic rings. The van der Waals surface area contributed by atoms with Crippen LogP contribution in [0.5, 0.6) is 5.75 Å². The Labute approximate surface area is 186 Å². The van der Waals surface area contributed by atoms with Gasteiger partial charge in [0.1, 0.15) is 5.75 Å². The van der Waals surface area contributed by atoms with E-state index in [1.165, 1.54) is 7.05 Å². The number of hydrogen-bond donors (Lipinski definition) is 1. The Morgan fingerprint density at radius 1 is 1.03 bits per heavy atom. The molecule has 7 heteroatoms. The fourth-order valence-corrected chi connectivity index (χ4v) is 3.79. The zero-order valence-electron chi connectivity index (χ0n) is 18.3. The maximum Gasteiger partial charge on any atom is 0.321 e. The molecule has 4 rings (SSSR count). The summed E-state index contributed by atoms with van der Waals surface area (Å²) in [4.78, 5) is 39.8. The molecule has 0 radical (unpaired) electrons. The first-order valence-electron chi connectivity index (χ1n) is 10.5. The molecule has 0 aromatic heterocycles. The predicted molar refractivity (Wildman–Crippen MR) is 123 cm³/mol. The van der Waals surface area contributed by atoms with Gasteiger partial charge in [0.05, 0.1) is 24.3 Å². The van der Waals surface area contributed by atoms with Crippen LogP contribution in [-0.2, 0) is 6.54 Å². The number of rotatable bonds is 6. The second kappa shape index (κ2) is 8.70. The molecule has 0 saturated carbocycles. The third-order valence-corrected chi connectivity index (χ3v) is 5.54. The molecule has 0 aliphatic carbocycles. The van der Waals surface area contributed by atoms with Crippen molar-refractivity contribution in [3.63, 3.8) is 0 Å².